The Kier molecular flexibility index (Phi) is 3.19. The van der Waals surface area contributed by atoms with Gasteiger partial charge in [0.15, 0.2) is 4.88 Å². The number of rotatable bonds is 3. The van der Waals surface area contributed by atoms with Crippen molar-refractivity contribution < 1.29 is 9.90 Å². The fourth-order valence-electron chi connectivity index (χ4n) is 1.55. The zero-order valence-electron chi connectivity index (χ0n) is 9.54. The highest BCUT2D eigenvalue weighted by Gasteiger charge is 2.16. The number of benzene rings is 1. The number of carboxylic acid groups (broad SMARTS) is 1. The Labute approximate surface area is 103 Å². The van der Waals surface area contributed by atoms with Gasteiger partial charge in [0, 0.05) is 5.56 Å². The van der Waals surface area contributed by atoms with Gasteiger partial charge in [0.2, 0.25) is 0 Å². The van der Waals surface area contributed by atoms with Gasteiger partial charge in [-0.3, -0.25) is 0 Å². The molecule has 0 aliphatic heterocycles. The second-order valence-corrected chi connectivity index (χ2v) is 4.79. The molecule has 0 saturated heterocycles. The fraction of sp³-hybridized carbons (Fsp3) is 0.250. The third-order valence-corrected chi connectivity index (χ3v) is 3.25. The largest absolute Gasteiger partial charge is 0.477 e. The predicted molar refractivity (Wildman–Crippen MR) is 66.4 cm³/mol. The van der Waals surface area contributed by atoms with Crippen molar-refractivity contribution in [2.24, 2.45) is 0 Å². The zero-order chi connectivity index (χ0) is 12.4. The highest BCUT2D eigenvalue weighted by atomic mass is 32.1. The van der Waals surface area contributed by atoms with E-state index in [0.29, 0.717) is 11.6 Å². The summed E-state index contributed by atoms with van der Waals surface area (Å²) in [6.07, 6.45) is 0. The van der Waals surface area contributed by atoms with E-state index in [1.165, 1.54) is 5.56 Å². The summed E-state index contributed by atoms with van der Waals surface area (Å²) in [5, 5.41) is 12.9. The molecule has 17 heavy (non-hydrogen) atoms. The first-order valence-electron chi connectivity index (χ1n) is 5.25. The van der Waals surface area contributed by atoms with Crippen LogP contribution in [0.4, 0.5) is 0 Å². The second kappa shape index (κ2) is 4.63. The number of carbonyl (C=O) groups is 1. The molecule has 1 aromatic heterocycles. The highest BCUT2D eigenvalue weighted by molar-refractivity contribution is 7.08. The SMILES string of the molecule is CC(C)c1ccc(-c2nnsc2C(=O)O)cc1. The molecule has 2 rings (SSSR count). The van der Waals surface area contributed by atoms with Gasteiger partial charge in [-0.15, -0.1) is 5.10 Å². The zero-order valence-corrected chi connectivity index (χ0v) is 10.4. The second-order valence-electron chi connectivity index (χ2n) is 4.03. The van der Waals surface area contributed by atoms with Crippen LogP contribution in [0, 0.1) is 0 Å². The molecule has 0 saturated carbocycles. The van der Waals surface area contributed by atoms with Gasteiger partial charge < -0.3 is 5.11 Å². The summed E-state index contributed by atoms with van der Waals surface area (Å²) in [5.41, 5.74) is 2.45. The van der Waals surface area contributed by atoms with Gasteiger partial charge in [0.25, 0.3) is 0 Å². The van der Waals surface area contributed by atoms with Gasteiger partial charge in [-0.2, -0.15) is 0 Å². The Morgan fingerprint density at radius 2 is 1.94 bits per heavy atom. The topological polar surface area (TPSA) is 63.1 Å². The van der Waals surface area contributed by atoms with Crippen molar-refractivity contribution in [2.45, 2.75) is 19.8 Å². The average molecular weight is 248 g/mol. The molecular formula is C12H12N2O2S. The van der Waals surface area contributed by atoms with Crippen molar-refractivity contribution in [1.29, 1.82) is 0 Å². The molecule has 0 unspecified atom stereocenters. The number of aromatic carboxylic acids is 1. The molecule has 1 N–H and O–H groups in total. The lowest BCUT2D eigenvalue weighted by Gasteiger charge is -2.05. The molecule has 0 fully saturated rings. The van der Waals surface area contributed by atoms with E-state index in [9.17, 15) is 4.79 Å². The molecule has 88 valence electrons. The Balaban J connectivity index is 2.40. The minimum absolute atomic E-state index is 0.183. The summed E-state index contributed by atoms with van der Waals surface area (Å²) in [4.78, 5) is 11.1. The van der Waals surface area contributed by atoms with Crippen LogP contribution in [0.15, 0.2) is 24.3 Å². The first kappa shape index (κ1) is 11.7. The van der Waals surface area contributed by atoms with Gasteiger partial charge >= 0.3 is 5.97 Å². The van der Waals surface area contributed by atoms with Crippen LogP contribution in [0.3, 0.4) is 0 Å². The van der Waals surface area contributed by atoms with E-state index in [4.69, 9.17) is 5.11 Å². The van der Waals surface area contributed by atoms with Gasteiger partial charge in [0.1, 0.15) is 5.69 Å². The molecule has 4 nitrogen and oxygen atoms in total. The normalized spacial score (nSPS) is 10.8. The standard InChI is InChI=1S/C12H12N2O2S/c1-7(2)8-3-5-9(6-4-8)10-11(12(15)16)17-14-13-10/h3-7H,1-2H3,(H,15,16). The van der Waals surface area contributed by atoms with E-state index in [0.717, 1.165) is 17.1 Å². The molecule has 0 radical (unpaired) electrons. The number of nitrogens with zero attached hydrogens (tertiary/aromatic N) is 2. The summed E-state index contributed by atoms with van der Waals surface area (Å²) >= 11 is 0.902. The predicted octanol–water partition coefficient (Wildman–Crippen LogP) is 3.03. The van der Waals surface area contributed by atoms with Crippen LogP contribution in [0.5, 0.6) is 0 Å². The van der Waals surface area contributed by atoms with Gasteiger partial charge in [-0.25, -0.2) is 4.79 Å². The molecule has 5 heteroatoms. The Morgan fingerprint density at radius 3 is 2.47 bits per heavy atom. The maximum absolute atomic E-state index is 11.0. The van der Waals surface area contributed by atoms with Crippen LogP contribution in [-0.2, 0) is 0 Å². The van der Waals surface area contributed by atoms with Crippen LogP contribution in [0.1, 0.15) is 35.0 Å². The maximum Gasteiger partial charge on any atom is 0.349 e. The third kappa shape index (κ3) is 2.34. The van der Waals surface area contributed by atoms with E-state index in [2.05, 4.69) is 23.4 Å². The van der Waals surface area contributed by atoms with Gasteiger partial charge in [-0.05, 0) is 23.0 Å². The summed E-state index contributed by atoms with van der Waals surface area (Å²) < 4.78 is 3.69. The number of hydrogen-bond acceptors (Lipinski definition) is 4. The smallest absolute Gasteiger partial charge is 0.349 e. The summed E-state index contributed by atoms with van der Waals surface area (Å²) in [5.74, 6) is -0.528. The molecule has 1 heterocycles. The van der Waals surface area contributed by atoms with Gasteiger partial charge in [-0.1, -0.05) is 42.6 Å². The van der Waals surface area contributed by atoms with Crippen molar-refractivity contribution >= 4 is 17.5 Å². The summed E-state index contributed by atoms with van der Waals surface area (Å²) in [6, 6.07) is 7.76. The molecule has 0 spiro atoms. The van der Waals surface area contributed by atoms with Crippen molar-refractivity contribution in [1.82, 2.24) is 9.59 Å². The molecule has 0 amide bonds. The monoisotopic (exact) mass is 248 g/mol. The van der Waals surface area contributed by atoms with Crippen LogP contribution in [-0.4, -0.2) is 20.7 Å². The minimum atomic E-state index is -0.983. The Bertz CT molecular complexity index is 532. The molecular weight excluding hydrogens is 236 g/mol. The molecule has 0 aliphatic carbocycles. The van der Waals surface area contributed by atoms with E-state index in [1.54, 1.807) is 0 Å². The van der Waals surface area contributed by atoms with Crippen molar-refractivity contribution in [2.75, 3.05) is 0 Å². The fourth-order valence-corrected chi connectivity index (χ4v) is 2.07. The maximum atomic E-state index is 11.0. The van der Waals surface area contributed by atoms with E-state index < -0.39 is 5.97 Å². The molecule has 1 aromatic carbocycles. The lowest BCUT2D eigenvalue weighted by Crippen LogP contribution is -1.95. The first-order valence-corrected chi connectivity index (χ1v) is 6.03. The van der Waals surface area contributed by atoms with Crippen molar-refractivity contribution in [3.8, 4) is 11.3 Å². The molecule has 0 atom stereocenters. The van der Waals surface area contributed by atoms with Crippen LogP contribution < -0.4 is 0 Å². The Hall–Kier alpha value is -1.75. The number of hydrogen-bond donors (Lipinski definition) is 1. The van der Waals surface area contributed by atoms with E-state index >= 15 is 0 Å². The minimum Gasteiger partial charge on any atom is -0.477 e. The summed E-state index contributed by atoms with van der Waals surface area (Å²) in [7, 11) is 0. The summed E-state index contributed by atoms with van der Waals surface area (Å²) in [6.45, 7) is 4.23. The van der Waals surface area contributed by atoms with Crippen molar-refractivity contribution in [3.05, 3.63) is 34.7 Å². The van der Waals surface area contributed by atoms with E-state index in [1.807, 2.05) is 24.3 Å². The molecule has 0 bridgehead atoms. The Morgan fingerprint density at radius 1 is 1.29 bits per heavy atom. The van der Waals surface area contributed by atoms with E-state index in [-0.39, 0.29) is 4.88 Å². The van der Waals surface area contributed by atoms with Crippen molar-refractivity contribution in [3.63, 3.8) is 0 Å². The molecule has 2 aromatic rings. The average Bonchev–Trinajstić information content (AvgIpc) is 2.78. The third-order valence-electron chi connectivity index (χ3n) is 2.53. The number of aromatic nitrogens is 2. The quantitative estimate of drug-likeness (QED) is 0.906. The van der Waals surface area contributed by atoms with Gasteiger partial charge in [0.05, 0.1) is 0 Å². The molecule has 0 aliphatic rings. The lowest BCUT2D eigenvalue weighted by atomic mass is 10.0. The first-order chi connectivity index (χ1) is 8.09. The lowest BCUT2D eigenvalue weighted by molar-refractivity contribution is 0.0702. The van der Waals surface area contributed by atoms with Crippen LogP contribution >= 0.6 is 11.5 Å². The van der Waals surface area contributed by atoms with Crippen LogP contribution in [0.2, 0.25) is 0 Å². The van der Waals surface area contributed by atoms with Crippen LogP contribution in [0.25, 0.3) is 11.3 Å². The highest BCUT2D eigenvalue weighted by Crippen LogP contribution is 2.25. The number of carboxylic acids is 1.